The molecule has 0 radical (unpaired) electrons. The first-order valence-electron chi connectivity index (χ1n) is 12.9. The van der Waals surface area contributed by atoms with Gasteiger partial charge in [0.15, 0.2) is 0 Å². The van der Waals surface area contributed by atoms with Crippen LogP contribution < -0.4 is 5.32 Å². The lowest BCUT2D eigenvalue weighted by Crippen LogP contribution is -2.57. The van der Waals surface area contributed by atoms with E-state index in [9.17, 15) is 9.18 Å². The molecule has 6 nitrogen and oxygen atoms in total. The Balaban J connectivity index is 1.05. The molecular formula is C30H30FN5O. The van der Waals surface area contributed by atoms with E-state index in [-0.39, 0.29) is 17.6 Å². The number of rotatable bonds is 7. The molecule has 2 bridgehead atoms. The Morgan fingerprint density at radius 2 is 1.68 bits per heavy atom. The van der Waals surface area contributed by atoms with Crippen LogP contribution in [0.15, 0.2) is 85.1 Å². The zero-order valence-electron chi connectivity index (χ0n) is 20.6. The van der Waals surface area contributed by atoms with E-state index in [1.807, 2.05) is 29.1 Å². The van der Waals surface area contributed by atoms with Gasteiger partial charge in [-0.25, -0.2) is 4.39 Å². The maximum Gasteiger partial charge on any atom is 0.224 e. The van der Waals surface area contributed by atoms with E-state index in [2.05, 4.69) is 56.9 Å². The molecule has 4 aromatic rings. The highest BCUT2D eigenvalue weighted by atomic mass is 19.1. The first kappa shape index (κ1) is 23.6. The van der Waals surface area contributed by atoms with Gasteiger partial charge in [-0.15, -0.1) is 5.10 Å². The number of nitrogens with zero attached hydrogens (tertiary/aromatic N) is 4. The molecule has 0 saturated carbocycles. The standard InChI is InChI=1S/C30H30FN5O/c31-26-12-6-21(7-13-26)17-32-30(37)28-19-35-15-14-25(28)16-27(35)18-36-20-29(33-34-36)24-10-8-23(9-11-24)22-4-2-1-3-5-22/h1-13,20,25,27-28H,14-19H2,(H,32,37). The Labute approximate surface area is 216 Å². The zero-order valence-corrected chi connectivity index (χ0v) is 20.6. The van der Waals surface area contributed by atoms with Gasteiger partial charge in [-0.05, 0) is 54.1 Å². The van der Waals surface area contributed by atoms with E-state index in [1.54, 1.807) is 12.1 Å². The maximum absolute atomic E-state index is 13.1. The van der Waals surface area contributed by atoms with Crippen molar-refractivity contribution < 1.29 is 9.18 Å². The summed E-state index contributed by atoms with van der Waals surface area (Å²) in [5.74, 6) is 0.204. The van der Waals surface area contributed by atoms with Crippen LogP contribution in [-0.2, 0) is 17.9 Å². The average Bonchev–Trinajstić information content (AvgIpc) is 3.42. The van der Waals surface area contributed by atoms with Crippen LogP contribution in [0, 0.1) is 17.7 Å². The summed E-state index contributed by atoms with van der Waals surface area (Å²) in [5.41, 5.74) is 5.20. The van der Waals surface area contributed by atoms with Crippen molar-refractivity contribution in [2.24, 2.45) is 11.8 Å². The molecule has 3 aliphatic heterocycles. The Hall–Kier alpha value is -3.84. The highest BCUT2D eigenvalue weighted by Crippen LogP contribution is 2.37. The molecule has 1 amide bonds. The number of nitrogens with one attached hydrogen (secondary N) is 1. The van der Waals surface area contributed by atoms with Gasteiger partial charge in [0.2, 0.25) is 5.91 Å². The summed E-state index contributed by atoms with van der Waals surface area (Å²) in [7, 11) is 0. The van der Waals surface area contributed by atoms with Gasteiger partial charge >= 0.3 is 0 Å². The smallest absolute Gasteiger partial charge is 0.224 e. The summed E-state index contributed by atoms with van der Waals surface area (Å²) in [6.07, 6.45) is 4.05. The van der Waals surface area contributed by atoms with Gasteiger partial charge in [0.1, 0.15) is 11.5 Å². The molecule has 4 atom stereocenters. The van der Waals surface area contributed by atoms with Crippen LogP contribution >= 0.6 is 0 Å². The number of fused-ring (bicyclic) bond motifs is 3. The first-order chi connectivity index (χ1) is 18.1. The second-order valence-corrected chi connectivity index (χ2v) is 10.2. The first-order valence-corrected chi connectivity index (χ1v) is 12.9. The molecule has 3 aliphatic rings. The lowest BCUT2D eigenvalue weighted by Gasteiger charge is -2.49. The molecule has 1 N–H and O–H groups in total. The Kier molecular flexibility index (Phi) is 6.53. The molecule has 188 valence electrons. The summed E-state index contributed by atoms with van der Waals surface area (Å²) in [6, 6.07) is 25.4. The third-order valence-electron chi connectivity index (χ3n) is 7.82. The van der Waals surface area contributed by atoms with Crippen LogP contribution in [0.5, 0.6) is 0 Å². The number of carbonyl (C=O) groups is 1. The Morgan fingerprint density at radius 3 is 2.41 bits per heavy atom. The third kappa shape index (κ3) is 5.18. The van der Waals surface area contributed by atoms with Gasteiger partial charge in [0, 0.05) is 24.7 Å². The molecule has 0 aliphatic carbocycles. The van der Waals surface area contributed by atoms with Crippen LogP contribution in [0.2, 0.25) is 0 Å². The van der Waals surface area contributed by atoms with Gasteiger partial charge in [0.25, 0.3) is 0 Å². The molecule has 3 fully saturated rings. The van der Waals surface area contributed by atoms with Crippen molar-refractivity contribution >= 4 is 5.91 Å². The number of benzene rings is 3. The minimum Gasteiger partial charge on any atom is -0.352 e. The predicted octanol–water partition coefficient (Wildman–Crippen LogP) is 4.78. The Bertz CT molecular complexity index is 1350. The molecule has 37 heavy (non-hydrogen) atoms. The molecule has 7 rings (SSSR count). The van der Waals surface area contributed by atoms with Crippen molar-refractivity contribution in [1.29, 1.82) is 0 Å². The van der Waals surface area contributed by atoms with Gasteiger partial charge in [-0.1, -0.05) is 71.9 Å². The average molecular weight is 496 g/mol. The minimum absolute atomic E-state index is 0.000107. The van der Waals surface area contributed by atoms with Crippen molar-refractivity contribution in [3.63, 3.8) is 0 Å². The van der Waals surface area contributed by atoms with E-state index in [1.165, 1.54) is 23.3 Å². The third-order valence-corrected chi connectivity index (χ3v) is 7.82. The molecule has 3 saturated heterocycles. The van der Waals surface area contributed by atoms with E-state index < -0.39 is 0 Å². The summed E-state index contributed by atoms with van der Waals surface area (Å²) in [5, 5.41) is 11.9. The van der Waals surface area contributed by atoms with E-state index in [0.717, 1.165) is 49.3 Å². The van der Waals surface area contributed by atoms with Crippen LogP contribution in [-0.4, -0.2) is 44.9 Å². The molecule has 7 heteroatoms. The van der Waals surface area contributed by atoms with Crippen LogP contribution in [0.25, 0.3) is 22.4 Å². The van der Waals surface area contributed by atoms with Gasteiger partial charge in [0.05, 0.1) is 18.7 Å². The molecule has 1 aromatic heterocycles. The number of piperidine rings is 3. The number of hydrogen-bond acceptors (Lipinski definition) is 4. The van der Waals surface area contributed by atoms with E-state index >= 15 is 0 Å². The number of halogens is 1. The number of carbonyl (C=O) groups excluding carboxylic acids is 1. The van der Waals surface area contributed by atoms with Gasteiger partial charge < -0.3 is 5.32 Å². The second kappa shape index (κ2) is 10.3. The molecule has 4 heterocycles. The van der Waals surface area contributed by atoms with E-state index in [0.29, 0.717) is 18.5 Å². The van der Waals surface area contributed by atoms with Crippen LogP contribution in [0.4, 0.5) is 4.39 Å². The highest BCUT2D eigenvalue weighted by Gasteiger charge is 2.43. The normalized spacial score (nSPS) is 22.6. The lowest BCUT2D eigenvalue weighted by atomic mass is 9.75. The number of aromatic nitrogens is 3. The fraction of sp³-hybridized carbons (Fsp3) is 0.300. The van der Waals surface area contributed by atoms with Gasteiger partial charge in [-0.3, -0.25) is 14.4 Å². The monoisotopic (exact) mass is 495 g/mol. The fourth-order valence-corrected chi connectivity index (χ4v) is 5.75. The highest BCUT2D eigenvalue weighted by molar-refractivity contribution is 5.79. The summed E-state index contributed by atoms with van der Waals surface area (Å²) < 4.78 is 15.1. The molecule has 0 spiro atoms. The van der Waals surface area contributed by atoms with Crippen LogP contribution in [0.1, 0.15) is 18.4 Å². The van der Waals surface area contributed by atoms with E-state index in [4.69, 9.17) is 0 Å². The van der Waals surface area contributed by atoms with Crippen molar-refractivity contribution in [2.45, 2.75) is 32.0 Å². The fourth-order valence-electron chi connectivity index (χ4n) is 5.75. The van der Waals surface area contributed by atoms with Crippen molar-refractivity contribution in [3.8, 4) is 22.4 Å². The Morgan fingerprint density at radius 1 is 0.946 bits per heavy atom. The zero-order chi connectivity index (χ0) is 25.2. The lowest BCUT2D eigenvalue weighted by molar-refractivity contribution is -0.133. The second-order valence-electron chi connectivity index (χ2n) is 10.2. The molecule has 4 unspecified atom stereocenters. The molecule has 3 aromatic carbocycles. The van der Waals surface area contributed by atoms with Gasteiger partial charge in [-0.2, -0.15) is 0 Å². The largest absolute Gasteiger partial charge is 0.352 e. The SMILES string of the molecule is O=C(NCc1ccc(F)cc1)C1CN2CCC1CC2Cn1cc(-c2ccc(-c3ccccc3)cc2)nn1. The summed E-state index contributed by atoms with van der Waals surface area (Å²) in [6.45, 7) is 2.99. The van der Waals surface area contributed by atoms with Crippen molar-refractivity contribution in [3.05, 3.63) is 96.4 Å². The van der Waals surface area contributed by atoms with Crippen LogP contribution in [0.3, 0.4) is 0 Å². The number of amides is 1. The number of hydrogen-bond donors (Lipinski definition) is 1. The predicted molar refractivity (Wildman–Crippen MR) is 141 cm³/mol. The van der Waals surface area contributed by atoms with Crippen molar-refractivity contribution in [1.82, 2.24) is 25.2 Å². The minimum atomic E-state index is -0.265. The quantitative estimate of drug-likeness (QED) is 0.401. The summed E-state index contributed by atoms with van der Waals surface area (Å²) in [4.78, 5) is 15.4. The topological polar surface area (TPSA) is 63.1 Å². The molecular weight excluding hydrogens is 465 g/mol. The maximum atomic E-state index is 13.1. The summed E-state index contributed by atoms with van der Waals surface area (Å²) >= 11 is 0. The van der Waals surface area contributed by atoms with Crippen molar-refractivity contribution in [2.75, 3.05) is 13.1 Å².